The molecule has 0 radical (unpaired) electrons. The van der Waals surface area contributed by atoms with Crippen molar-refractivity contribution in [3.8, 4) is 11.5 Å². The maximum Gasteiger partial charge on any atom is 0.200 e. The number of hydrogen-bond donors (Lipinski definition) is 3. The minimum Gasteiger partial charge on any atom is -0.507 e. The van der Waals surface area contributed by atoms with Crippen LogP contribution < -0.4 is 10.5 Å². The molecule has 0 amide bonds. The average Bonchev–Trinajstić information content (AvgIpc) is 2.95. The third-order valence-corrected chi connectivity index (χ3v) is 5.00. The molecule has 0 unspecified atom stereocenters. The number of nitrogens with two attached hydrogens (primary N) is 1. The van der Waals surface area contributed by atoms with Gasteiger partial charge in [0, 0.05) is 11.5 Å². The molecule has 1 aliphatic rings. The predicted octanol–water partition coefficient (Wildman–Crippen LogP) is 3.77. The Labute approximate surface area is 147 Å². The second-order valence-corrected chi connectivity index (χ2v) is 7.03. The van der Waals surface area contributed by atoms with Crippen LogP contribution >= 0.6 is 0 Å². The average molecular weight is 343 g/mol. The number of amidine groups is 1. The van der Waals surface area contributed by atoms with Crippen molar-refractivity contribution in [2.75, 3.05) is 0 Å². The van der Waals surface area contributed by atoms with Gasteiger partial charge in [-0.2, -0.15) is 0 Å². The zero-order valence-electron chi connectivity index (χ0n) is 14.8. The van der Waals surface area contributed by atoms with E-state index in [0.717, 1.165) is 24.4 Å². The Kier molecular flexibility index (Phi) is 4.70. The van der Waals surface area contributed by atoms with E-state index in [0.29, 0.717) is 11.5 Å². The number of oxazole rings is 1. The lowest BCUT2D eigenvalue weighted by molar-refractivity contribution is 0.225. The van der Waals surface area contributed by atoms with Gasteiger partial charge in [-0.05, 0) is 31.9 Å². The zero-order valence-corrected chi connectivity index (χ0v) is 14.8. The molecular formula is C19H25N3O3. The lowest BCUT2D eigenvalue weighted by Gasteiger charge is -2.30. The molecule has 0 bridgehead atoms. The van der Waals surface area contributed by atoms with Crippen LogP contribution in [0.5, 0.6) is 11.5 Å². The zero-order chi connectivity index (χ0) is 18.0. The van der Waals surface area contributed by atoms with Crippen molar-refractivity contribution in [2.24, 2.45) is 5.73 Å². The van der Waals surface area contributed by atoms with E-state index in [4.69, 9.17) is 20.3 Å². The van der Waals surface area contributed by atoms with E-state index in [-0.39, 0.29) is 29.2 Å². The molecule has 2 aromatic rings. The van der Waals surface area contributed by atoms with Crippen LogP contribution in [0.3, 0.4) is 0 Å². The van der Waals surface area contributed by atoms with Gasteiger partial charge in [0.05, 0.1) is 11.3 Å². The standard InChI is InChI=1S/C19H25N3O3/c1-12-16(25-18(22-12)19(2)8-4-3-5-9-19)11-24-13-6-7-14(17(20)21)15(23)10-13/h6-7,10,23H,3-5,8-9,11H2,1-2H3,(H3,20,21). The summed E-state index contributed by atoms with van der Waals surface area (Å²) in [6.45, 7) is 4.39. The summed E-state index contributed by atoms with van der Waals surface area (Å²) in [6, 6.07) is 4.69. The second-order valence-electron chi connectivity index (χ2n) is 7.03. The van der Waals surface area contributed by atoms with Gasteiger partial charge in [0.2, 0.25) is 5.89 Å². The SMILES string of the molecule is Cc1nc(C2(C)CCCCC2)oc1COc1ccc(C(=N)N)c(O)c1. The van der Waals surface area contributed by atoms with Crippen molar-refractivity contribution >= 4 is 5.84 Å². The number of ether oxygens (including phenoxy) is 1. The molecule has 0 spiro atoms. The van der Waals surface area contributed by atoms with E-state index in [1.54, 1.807) is 12.1 Å². The highest BCUT2D eigenvalue weighted by Crippen LogP contribution is 2.39. The molecule has 0 saturated heterocycles. The molecule has 6 nitrogen and oxygen atoms in total. The van der Waals surface area contributed by atoms with E-state index in [1.807, 2.05) is 6.92 Å². The molecule has 1 heterocycles. The summed E-state index contributed by atoms with van der Waals surface area (Å²) < 4.78 is 11.7. The maximum atomic E-state index is 9.89. The van der Waals surface area contributed by atoms with Gasteiger partial charge in [-0.15, -0.1) is 0 Å². The van der Waals surface area contributed by atoms with Gasteiger partial charge in [-0.1, -0.05) is 26.2 Å². The van der Waals surface area contributed by atoms with Crippen LogP contribution in [0.4, 0.5) is 0 Å². The van der Waals surface area contributed by atoms with Crippen molar-refractivity contribution in [3.63, 3.8) is 0 Å². The van der Waals surface area contributed by atoms with E-state index >= 15 is 0 Å². The topological polar surface area (TPSA) is 105 Å². The second kappa shape index (κ2) is 6.78. The number of aromatic nitrogens is 1. The van der Waals surface area contributed by atoms with Crippen LogP contribution in [0, 0.1) is 12.3 Å². The van der Waals surface area contributed by atoms with Crippen LogP contribution in [0.1, 0.15) is 61.9 Å². The fourth-order valence-electron chi connectivity index (χ4n) is 3.34. The summed E-state index contributed by atoms with van der Waals surface area (Å²) in [4.78, 5) is 4.63. The number of phenolic OH excluding ortho intramolecular Hbond substituents is 1. The summed E-state index contributed by atoms with van der Waals surface area (Å²) in [5, 5.41) is 17.3. The summed E-state index contributed by atoms with van der Waals surface area (Å²) in [6.07, 6.45) is 5.92. The summed E-state index contributed by atoms with van der Waals surface area (Å²) >= 11 is 0. The molecule has 0 atom stereocenters. The highest BCUT2D eigenvalue weighted by atomic mass is 16.5. The molecule has 0 aliphatic heterocycles. The molecule has 3 rings (SSSR count). The number of aryl methyl sites for hydroxylation is 1. The summed E-state index contributed by atoms with van der Waals surface area (Å²) in [7, 11) is 0. The van der Waals surface area contributed by atoms with E-state index in [9.17, 15) is 5.11 Å². The van der Waals surface area contributed by atoms with Gasteiger partial charge in [0.1, 0.15) is 23.9 Å². The first-order chi connectivity index (χ1) is 11.9. The van der Waals surface area contributed by atoms with Crippen molar-refractivity contribution in [1.82, 2.24) is 4.98 Å². The minimum atomic E-state index is -0.180. The number of benzene rings is 1. The summed E-state index contributed by atoms with van der Waals surface area (Å²) in [5.41, 5.74) is 6.54. The van der Waals surface area contributed by atoms with Gasteiger partial charge in [0.25, 0.3) is 0 Å². The van der Waals surface area contributed by atoms with Crippen LogP contribution in [0.15, 0.2) is 22.6 Å². The monoisotopic (exact) mass is 343 g/mol. The highest BCUT2D eigenvalue weighted by Gasteiger charge is 2.34. The Morgan fingerprint density at radius 2 is 2.08 bits per heavy atom. The van der Waals surface area contributed by atoms with Gasteiger partial charge >= 0.3 is 0 Å². The van der Waals surface area contributed by atoms with Gasteiger partial charge in [-0.25, -0.2) is 4.98 Å². The molecule has 1 saturated carbocycles. The van der Waals surface area contributed by atoms with Crippen LogP contribution in [0.25, 0.3) is 0 Å². The molecule has 25 heavy (non-hydrogen) atoms. The molecule has 1 aromatic heterocycles. The lowest BCUT2D eigenvalue weighted by Crippen LogP contribution is -2.25. The fourth-order valence-corrected chi connectivity index (χ4v) is 3.34. The van der Waals surface area contributed by atoms with Gasteiger partial charge in [0.15, 0.2) is 5.76 Å². The van der Waals surface area contributed by atoms with Crippen LogP contribution in [-0.4, -0.2) is 15.9 Å². The first kappa shape index (κ1) is 17.3. The number of nitrogens with one attached hydrogen (secondary N) is 1. The first-order valence-electron chi connectivity index (χ1n) is 8.66. The Hall–Kier alpha value is -2.50. The van der Waals surface area contributed by atoms with Crippen molar-refractivity contribution < 1.29 is 14.3 Å². The molecule has 6 heteroatoms. The fraction of sp³-hybridized carbons (Fsp3) is 0.474. The first-order valence-corrected chi connectivity index (χ1v) is 8.66. The highest BCUT2D eigenvalue weighted by molar-refractivity contribution is 5.97. The van der Waals surface area contributed by atoms with E-state index in [2.05, 4.69) is 11.9 Å². The Morgan fingerprint density at radius 1 is 1.36 bits per heavy atom. The van der Waals surface area contributed by atoms with Gasteiger partial charge < -0.3 is 20.0 Å². The Morgan fingerprint density at radius 3 is 2.72 bits per heavy atom. The number of rotatable bonds is 5. The number of nitrogens with zero attached hydrogens (tertiary/aromatic N) is 1. The molecular weight excluding hydrogens is 318 g/mol. The number of nitrogen functional groups attached to an aromatic ring is 1. The van der Waals surface area contributed by atoms with Gasteiger partial charge in [-0.3, -0.25) is 5.41 Å². The number of aromatic hydroxyl groups is 1. The van der Waals surface area contributed by atoms with Crippen molar-refractivity contribution in [2.45, 2.75) is 58.0 Å². The normalized spacial score (nSPS) is 16.6. The predicted molar refractivity (Wildman–Crippen MR) is 95.1 cm³/mol. The minimum absolute atomic E-state index is 0.0165. The quantitative estimate of drug-likeness (QED) is 0.566. The molecule has 4 N–H and O–H groups in total. The van der Waals surface area contributed by atoms with Crippen LogP contribution in [-0.2, 0) is 12.0 Å². The third-order valence-electron chi connectivity index (χ3n) is 5.00. The van der Waals surface area contributed by atoms with E-state index < -0.39 is 0 Å². The number of phenols is 1. The third kappa shape index (κ3) is 3.62. The summed E-state index contributed by atoms with van der Waals surface area (Å²) in [5.74, 6) is 1.74. The molecule has 134 valence electrons. The van der Waals surface area contributed by atoms with Crippen molar-refractivity contribution in [1.29, 1.82) is 5.41 Å². The van der Waals surface area contributed by atoms with Crippen molar-refractivity contribution in [3.05, 3.63) is 41.1 Å². The molecule has 1 aromatic carbocycles. The van der Waals surface area contributed by atoms with Crippen LogP contribution in [0.2, 0.25) is 0 Å². The lowest BCUT2D eigenvalue weighted by atomic mass is 9.76. The Balaban J connectivity index is 1.71. The number of hydrogen-bond acceptors (Lipinski definition) is 5. The smallest absolute Gasteiger partial charge is 0.200 e. The maximum absolute atomic E-state index is 9.89. The van der Waals surface area contributed by atoms with E-state index in [1.165, 1.54) is 25.3 Å². The molecule has 1 fully saturated rings. The Bertz CT molecular complexity index is 776. The molecule has 1 aliphatic carbocycles. The largest absolute Gasteiger partial charge is 0.507 e.